The van der Waals surface area contributed by atoms with E-state index in [4.69, 9.17) is 16.3 Å². The zero-order valence-corrected chi connectivity index (χ0v) is 11.5. The van der Waals surface area contributed by atoms with Crippen molar-refractivity contribution in [1.82, 2.24) is 10.2 Å². The molecule has 18 heavy (non-hydrogen) atoms. The zero-order chi connectivity index (χ0) is 13.1. The van der Waals surface area contributed by atoms with Crippen LogP contribution in [0.25, 0.3) is 0 Å². The summed E-state index contributed by atoms with van der Waals surface area (Å²) in [7, 11) is 1.53. The SMILES string of the molecule is CCN(Cc1cc(Cl)cc(OC)c1O)C1CNC1. The zero-order valence-electron chi connectivity index (χ0n) is 10.7. The molecule has 0 spiro atoms. The fraction of sp³-hybridized carbons (Fsp3) is 0.538. The third kappa shape index (κ3) is 2.71. The van der Waals surface area contributed by atoms with Crippen LogP contribution >= 0.6 is 11.6 Å². The maximum atomic E-state index is 10.1. The van der Waals surface area contributed by atoms with Gasteiger partial charge < -0.3 is 15.2 Å². The number of nitrogens with one attached hydrogen (secondary N) is 1. The van der Waals surface area contributed by atoms with Gasteiger partial charge in [0.25, 0.3) is 0 Å². The molecule has 0 amide bonds. The molecule has 0 unspecified atom stereocenters. The first kappa shape index (κ1) is 13.5. The van der Waals surface area contributed by atoms with Crippen LogP contribution < -0.4 is 10.1 Å². The van der Waals surface area contributed by atoms with Gasteiger partial charge in [0.2, 0.25) is 0 Å². The quantitative estimate of drug-likeness (QED) is 0.857. The molecule has 1 aromatic carbocycles. The Bertz CT molecular complexity index is 422. The van der Waals surface area contributed by atoms with Gasteiger partial charge in [0.05, 0.1) is 7.11 Å². The highest BCUT2D eigenvalue weighted by atomic mass is 35.5. The van der Waals surface area contributed by atoms with Crippen molar-refractivity contribution >= 4 is 11.6 Å². The lowest BCUT2D eigenvalue weighted by molar-refractivity contribution is 0.144. The van der Waals surface area contributed by atoms with Crippen LogP contribution in [-0.2, 0) is 6.54 Å². The number of hydrogen-bond acceptors (Lipinski definition) is 4. The van der Waals surface area contributed by atoms with E-state index in [9.17, 15) is 5.11 Å². The topological polar surface area (TPSA) is 44.7 Å². The highest BCUT2D eigenvalue weighted by molar-refractivity contribution is 6.30. The first-order valence-electron chi connectivity index (χ1n) is 6.15. The van der Waals surface area contributed by atoms with E-state index in [2.05, 4.69) is 17.1 Å². The smallest absolute Gasteiger partial charge is 0.162 e. The highest BCUT2D eigenvalue weighted by Crippen LogP contribution is 2.34. The second kappa shape index (κ2) is 5.78. The molecule has 0 atom stereocenters. The summed E-state index contributed by atoms with van der Waals surface area (Å²) < 4.78 is 5.12. The van der Waals surface area contributed by atoms with E-state index in [0.717, 1.165) is 25.2 Å². The number of benzene rings is 1. The van der Waals surface area contributed by atoms with E-state index < -0.39 is 0 Å². The summed E-state index contributed by atoms with van der Waals surface area (Å²) in [5.41, 5.74) is 0.813. The Kier molecular flexibility index (Phi) is 4.32. The van der Waals surface area contributed by atoms with E-state index >= 15 is 0 Å². The van der Waals surface area contributed by atoms with Crippen molar-refractivity contribution in [2.75, 3.05) is 26.7 Å². The minimum absolute atomic E-state index is 0.188. The van der Waals surface area contributed by atoms with E-state index in [1.54, 1.807) is 12.1 Å². The third-order valence-electron chi connectivity index (χ3n) is 3.39. The molecule has 1 aliphatic rings. The summed E-state index contributed by atoms with van der Waals surface area (Å²) in [6.07, 6.45) is 0. The summed E-state index contributed by atoms with van der Waals surface area (Å²) in [5.74, 6) is 0.618. The van der Waals surface area contributed by atoms with Crippen LogP contribution in [0.3, 0.4) is 0 Å². The minimum atomic E-state index is 0.188. The summed E-state index contributed by atoms with van der Waals surface area (Å²) >= 11 is 6.03. The van der Waals surface area contributed by atoms with Crippen LogP contribution in [-0.4, -0.2) is 42.8 Å². The van der Waals surface area contributed by atoms with Gasteiger partial charge in [-0.25, -0.2) is 0 Å². The maximum absolute atomic E-state index is 10.1. The molecule has 1 heterocycles. The van der Waals surface area contributed by atoms with Gasteiger partial charge in [-0.3, -0.25) is 4.90 Å². The Morgan fingerprint density at radius 2 is 2.22 bits per heavy atom. The summed E-state index contributed by atoms with van der Waals surface area (Å²) in [4.78, 5) is 2.32. The first-order chi connectivity index (χ1) is 8.65. The fourth-order valence-corrected chi connectivity index (χ4v) is 2.38. The van der Waals surface area contributed by atoms with Crippen molar-refractivity contribution in [1.29, 1.82) is 0 Å². The minimum Gasteiger partial charge on any atom is -0.504 e. The monoisotopic (exact) mass is 270 g/mol. The number of methoxy groups -OCH3 is 1. The third-order valence-corrected chi connectivity index (χ3v) is 3.61. The molecule has 1 aromatic rings. The Hall–Kier alpha value is -0.970. The molecule has 2 rings (SSSR count). The van der Waals surface area contributed by atoms with Crippen LogP contribution in [0.2, 0.25) is 5.02 Å². The number of hydrogen-bond donors (Lipinski definition) is 2. The van der Waals surface area contributed by atoms with Crippen molar-refractivity contribution in [2.45, 2.75) is 19.5 Å². The van der Waals surface area contributed by atoms with Crippen LogP contribution in [0.5, 0.6) is 11.5 Å². The molecule has 0 saturated carbocycles. The fourth-order valence-electron chi connectivity index (χ4n) is 2.15. The largest absolute Gasteiger partial charge is 0.504 e. The normalized spacial score (nSPS) is 15.8. The summed E-state index contributed by atoms with van der Waals surface area (Å²) in [6.45, 7) is 5.77. The molecule has 100 valence electrons. The van der Waals surface area contributed by atoms with Crippen molar-refractivity contribution in [3.05, 3.63) is 22.7 Å². The van der Waals surface area contributed by atoms with E-state index in [0.29, 0.717) is 23.4 Å². The average molecular weight is 271 g/mol. The molecule has 5 heteroatoms. The van der Waals surface area contributed by atoms with E-state index in [1.165, 1.54) is 7.11 Å². The Balaban J connectivity index is 2.18. The number of ether oxygens (including phenoxy) is 1. The lowest BCUT2D eigenvalue weighted by Gasteiger charge is -2.37. The molecule has 1 fully saturated rings. The molecule has 4 nitrogen and oxygen atoms in total. The van der Waals surface area contributed by atoms with Gasteiger partial charge in [-0.05, 0) is 12.6 Å². The van der Waals surface area contributed by atoms with Gasteiger partial charge >= 0.3 is 0 Å². The molecule has 0 aromatic heterocycles. The Labute approximate surface area is 113 Å². The average Bonchev–Trinajstić information content (AvgIpc) is 2.29. The maximum Gasteiger partial charge on any atom is 0.162 e. The van der Waals surface area contributed by atoms with Crippen LogP contribution in [0.15, 0.2) is 12.1 Å². The molecular formula is C13H19ClN2O2. The predicted octanol–water partition coefficient (Wildman–Crippen LogP) is 1.85. The van der Waals surface area contributed by atoms with Gasteiger partial charge in [0.1, 0.15) is 0 Å². The molecule has 0 aliphatic carbocycles. The van der Waals surface area contributed by atoms with Crippen molar-refractivity contribution < 1.29 is 9.84 Å². The summed E-state index contributed by atoms with van der Waals surface area (Å²) in [5, 5.41) is 13.9. The van der Waals surface area contributed by atoms with Gasteiger partial charge in [0.15, 0.2) is 11.5 Å². The van der Waals surface area contributed by atoms with Gasteiger partial charge in [0, 0.05) is 42.3 Å². The Morgan fingerprint density at radius 3 is 2.72 bits per heavy atom. The molecule has 0 bridgehead atoms. The second-order valence-corrected chi connectivity index (χ2v) is 4.93. The number of aromatic hydroxyl groups is 1. The van der Waals surface area contributed by atoms with Crippen molar-refractivity contribution in [2.24, 2.45) is 0 Å². The second-order valence-electron chi connectivity index (χ2n) is 4.49. The van der Waals surface area contributed by atoms with Gasteiger partial charge in [-0.2, -0.15) is 0 Å². The van der Waals surface area contributed by atoms with E-state index in [1.807, 2.05) is 0 Å². The highest BCUT2D eigenvalue weighted by Gasteiger charge is 2.24. The van der Waals surface area contributed by atoms with Crippen molar-refractivity contribution in [3.8, 4) is 11.5 Å². The lowest BCUT2D eigenvalue weighted by Crippen LogP contribution is -2.56. The van der Waals surface area contributed by atoms with Gasteiger partial charge in [-0.15, -0.1) is 0 Å². The molecular weight excluding hydrogens is 252 g/mol. The summed E-state index contributed by atoms with van der Waals surface area (Å²) in [6, 6.07) is 3.97. The number of phenolic OH excluding ortho intramolecular Hbond substituents is 1. The standard InChI is InChI=1S/C13H19ClN2O2/c1-3-16(11-6-15-7-11)8-9-4-10(14)5-12(18-2)13(9)17/h4-5,11,15,17H,3,6-8H2,1-2H3. The molecule has 1 aliphatic heterocycles. The number of halogens is 1. The predicted molar refractivity (Wildman–Crippen MR) is 72.4 cm³/mol. The van der Waals surface area contributed by atoms with Gasteiger partial charge in [-0.1, -0.05) is 18.5 Å². The van der Waals surface area contributed by atoms with Crippen molar-refractivity contribution in [3.63, 3.8) is 0 Å². The molecule has 0 radical (unpaired) electrons. The number of nitrogens with zero attached hydrogens (tertiary/aromatic N) is 1. The van der Waals surface area contributed by atoms with Crippen LogP contribution in [0, 0.1) is 0 Å². The van der Waals surface area contributed by atoms with E-state index in [-0.39, 0.29) is 5.75 Å². The van der Waals surface area contributed by atoms with Crippen LogP contribution in [0.4, 0.5) is 0 Å². The number of likely N-dealkylation sites (N-methyl/N-ethyl adjacent to an activating group) is 1. The Morgan fingerprint density at radius 1 is 1.50 bits per heavy atom. The molecule has 2 N–H and O–H groups in total. The number of phenols is 1. The lowest BCUT2D eigenvalue weighted by atomic mass is 10.1. The molecule has 1 saturated heterocycles. The van der Waals surface area contributed by atoms with Crippen LogP contribution in [0.1, 0.15) is 12.5 Å². The number of rotatable bonds is 5. The first-order valence-corrected chi connectivity index (χ1v) is 6.53.